The first kappa shape index (κ1) is 14.7. The maximum atomic E-state index is 5.90. The number of alkyl halides is 1. The van der Waals surface area contributed by atoms with Crippen molar-refractivity contribution in [3.8, 4) is 0 Å². The van der Waals surface area contributed by atoms with Gasteiger partial charge in [-0.1, -0.05) is 31.9 Å². The second kappa shape index (κ2) is 7.19. The van der Waals surface area contributed by atoms with Crippen LogP contribution in [-0.4, -0.2) is 13.1 Å². The van der Waals surface area contributed by atoms with Crippen LogP contribution in [0.15, 0.2) is 18.2 Å². The van der Waals surface area contributed by atoms with Gasteiger partial charge in [0, 0.05) is 24.7 Å². The first-order chi connectivity index (χ1) is 9.24. The molecule has 1 aromatic carbocycles. The van der Waals surface area contributed by atoms with Gasteiger partial charge in [-0.25, -0.2) is 0 Å². The van der Waals surface area contributed by atoms with Crippen LogP contribution in [-0.2, 0) is 5.88 Å². The summed E-state index contributed by atoms with van der Waals surface area (Å²) in [6.07, 6.45) is 6.82. The molecular weight excluding hydrogens is 254 g/mol. The number of nitrogens with zero attached hydrogens (tertiary/aromatic N) is 1. The fourth-order valence-corrected chi connectivity index (χ4v) is 3.42. The molecule has 1 aromatic rings. The smallest absolute Gasteiger partial charge is 0.0474 e. The number of aryl methyl sites for hydroxylation is 1. The van der Waals surface area contributed by atoms with Gasteiger partial charge in [-0.05, 0) is 49.3 Å². The van der Waals surface area contributed by atoms with Crippen LogP contribution < -0.4 is 4.90 Å². The second-order valence-corrected chi connectivity index (χ2v) is 6.09. The molecule has 106 valence electrons. The normalized spacial score (nSPS) is 20.4. The lowest BCUT2D eigenvalue weighted by molar-refractivity contribution is 0.435. The molecule has 1 fully saturated rings. The molecule has 1 aliphatic heterocycles. The van der Waals surface area contributed by atoms with E-state index in [0.29, 0.717) is 5.88 Å². The van der Waals surface area contributed by atoms with Crippen LogP contribution in [0.1, 0.15) is 50.2 Å². The third kappa shape index (κ3) is 3.89. The number of halogens is 1. The maximum Gasteiger partial charge on any atom is 0.0474 e. The molecule has 0 spiro atoms. The van der Waals surface area contributed by atoms with E-state index in [2.05, 4.69) is 36.9 Å². The van der Waals surface area contributed by atoms with E-state index >= 15 is 0 Å². The molecule has 1 atom stereocenters. The highest BCUT2D eigenvalue weighted by Gasteiger charge is 2.17. The van der Waals surface area contributed by atoms with E-state index in [1.165, 1.54) is 62.0 Å². The highest BCUT2D eigenvalue weighted by Crippen LogP contribution is 2.28. The zero-order chi connectivity index (χ0) is 13.7. The Bertz CT molecular complexity index is 402. The summed E-state index contributed by atoms with van der Waals surface area (Å²) in [4.78, 5) is 2.57. The number of rotatable bonds is 4. The monoisotopic (exact) mass is 279 g/mol. The van der Waals surface area contributed by atoms with Crippen molar-refractivity contribution in [3.05, 3.63) is 29.3 Å². The van der Waals surface area contributed by atoms with Gasteiger partial charge in [-0.2, -0.15) is 0 Å². The quantitative estimate of drug-likeness (QED) is 0.690. The van der Waals surface area contributed by atoms with Crippen molar-refractivity contribution in [2.45, 2.75) is 51.8 Å². The maximum absolute atomic E-state index is 5.90. The van der Waals surface area contributed by atoms with Gasteiger partial charge in [-0.15, -0.1) is 11.6 Å². The Kier molecular flexibility index (Phi) is 5.57. The first-order valence-electron chi connectivity index (χ1n) is 7.65. The van der Waals surface area contributed by atoms with Gasteiger partial charge in [0.25, 0.3) is 0 Å². The lowest BCUT2D eigenvalue weighted by Crippen LogP contribution is -2.25. The molecule has 1 heterocycles. The summed E-state index contributed by atoms with van der Waals surface area (Å²) in [7, 11) is 0. The Morgan fingerprint density at radius 3 is 2.79 bits per heavy atom. The Balaban J connectivity index is 2.05. The fraction of sp³-hybridized carbons (Fsp3) is 0.647. The van der Waals surface area contributed by atoms with E-state index in [9.17, 15) is 0 Å². The van der Waals surface area contributed by atoms with Crippen LogP contribution in [0.5, 0.6) is 0 Å². The number of anilines is 1. The van der Waals surface area contributed by atoms with Crippen LogP contribution >= 0.6 is 11.6 Å². The molecular formula is C17H26ClN. The molecule has 1 saturated heterocycles. The molecule has 0 saturated carbocycles. The molecule has 1 nitrogen and oxygen atoms in total. The summed E-state index contributed by atoms with van der Waals surface area (Å²) in [5, 5.41) is 0. The molecule has 0 aromatic heterocycles. The van der Waals surface area contributed by atoms with Crippen LogP contribution in [0.25, 0.3) is 0 Å². The van der Waals surface area contributed by atoms with Crippen LogP contribution in [0, 0.1) is 12.8 Å². The molecule has 1 unspecified atom stereocenters. The fourth-order valence-electron chi connectivity index (χ4n) is 3.26. The van der Waals surface area contributed by atoms with Gasteiger partial charge in [-0.3, -0.25) is 0 Å². The van der Waals surface area contributed by atoms with Gasteiger partial charge in [0.15, 0.2) is 0 Å². The van der Waals surface area contributed by atoms with E-state index < -0.39 is 0 Å². The number of benzene rings is 1. The van der Waals surface area contributed by atoms with E-state index in [4.69, 9.17) is 11.6 Å². The topological polar surface area (TPSA) is 3.24 Å². The van der Waals surface area contributed by atoms with Gasteiger partial charge in [0.1, 0.15) is 0 Å². The largest absolute Gasteiger partial charge is 0.371 e. The Labute approximate surface area is 123 Å². The van der Waals surface area contributed by atoms with Crippen molar-refractivity contribution in [2.24, 2.45) is 5.92 Å². The lowest BCUT2D eigenvalue weighted by Gasteiger charge is -2.25. The average molecular weight is 280 g/mol. The van der Waals surface area contributed by atoms with Gasteiger partial charge in [0.05, 0.1) is 0 Å². The zero-order valence-electron chi connectivity index (χ0n) is 12.3. The highest BCUT2D eigenvalue weighted by atomic mass is 35.5. The van der Waals surface area contributed by atoms with Crippen LogP contribution in [0.3, 0.4) is 0 Å². The highest BCUT2D eigenvalue weighted by molar-refractivity contribution is 6.17. The summed E-state index contributed by atoms with van der Waals surface area (Å²) in [6.45, 7) is 6.94. The first-order valence-corrected chi connectivity index (χ1v) is 8.18. The average Bonchev–Trinajstić information content (AvgIpc) is 2.65. The standard InChI is InChI=1S/C17H26ClN/c1-3-5-15-6-4-10-19(11-9-15)17-8-7-16(13-18)12-14(17)2/h7-8,12,15H,3-6,9-11,13H2,1-2H3. The summed E-state index contributed by atoms with van der Waals surface area (Å²) in [6, 6.07) is 6.66. The Morgan fingerprint density at radius 1 is 1.26 bits per heavy atom. The molecule has 2 rings (SSSR count). The minimum absolute atomic E-state index is 0.611. The van der Waals surface area contributed by atoms with E-state index in [1.54, 1.807) is 0 Å². The van der Waals surface area contributed by atoms with Crippen LogP contribution in [0.2, 0.25) is 0 Å². The van der Waals surface area contributed by atoms with E-state index in [0.717, 1.165) is 5.92 Å². The molecule has 19 heavy (non-hydrogen) atoms. The molecule has 0 bridgehead atoms. The Morgan fingerprint density at radius 2 is 2.11 bits per heavy atom. The van der Waals surface area contributed by atoms with Crippen molar-refractivity contribution in [2.75, 3.05) is 18.0 Å². The van der Waals surface area contributed by atoms with Crippen molar-refractivity contribution in [1.82, 2.24) is 0 Å². The lowest BCUT2D eigenvalue weighted by atomic mass is 9.96. The summed E-state index contributed by atoms with van der Waals surface area (Å²) >= 11 is 5.90. The third-order valence-corrected chi connectivity index (χ3v) is 4.61. The second-order valence-electron chi connectivity index (χ2n) is 5.83. The predicted octanol–water partition coefficient (Wildman–Crippen LogP) is 5.14. The molecule has 0 aliphatic carbocycles. The minimum atomic E-state index is 0.611. The predicted molar refractivity (Wildman–Crippen MR) is 85.2 cm³/mol. The van der Waals surface area contributed by atoms with Crippen molar-refractivity contribution in [1.29, 1.82) is 0 Å². The van der Waals surface area contributed by atoms with E-state index in [1.807, 2.05) is 0 Å². The Hall–Kier alpha value is -0.690. The minimum Gasteiger partial charge on any atom is -0.371 e. The van der Waals surface area contributed by atoms with E-state index in [-0.39, 0.29) is 0 Å². The molecule has 2 heteroatoms. The summed E-state index contributed by atoms with van der Waals surface area (Å²) in [5.74, 6) is 1.55. The van der Waals surface area contributed by atoms with Crippen molar-refractivity contribution >= 4 is 17.3 Å². The summed E-state index contributed by atoms with van der Waals surface area (Å²) < 4.78 is 0. The number of hydrogen-bond donors (Lipinski definition) is 0. The van der Waals surface area contributed by atoms with Crippen LogP contribution in [0.4, 0.5) is 5.69 Å². The molecule has 0 N–H and O–H groups in total. The summed E-state index contributed by atoms with van der Waals surface area (Å²) in [5.41, 5.74) is 4.00. The zero-order valence-corrected chi connectivity index (χ0v) is 13.0. The third-order valence-electron chi connectivity index (χ3n) is 4.30. The SMILES string of the molecule is CCCC1CCCN(c2ccc(CCl)cc2C)CC1. The van der Waals surface area contributed by atoms with Gasteiger partial charge in [0.2, 0.25) is 0 Å². The molecule has 1 aliphatic rings. The molecule has 0 amide bonds. The van der Waals surface area contributed by atoms with Gasteiger partial charge >= 0.3 is 0 Å². The van der Waals surface area contributed by atoms with Crippen molar-refractivity contribution in [3.63, 3.8) is 0 Å². The number of hydrogen-bond acceptors (Lipinski definition) is 1. The molecule has 0 radical (unpaired) electrons. The van der Waals surface area contributed by atoms with Crippen molar-refractivity contribution < 1.29 is 0 Å². The van der Waals surface area contributed by atoms with Gasteiger partial charge < -0.3 is 4.90 Å².